The Bertz CT molecular complexity index is 1360. The lowest BCUT2D eigenvalue weighted by Gasteiger charge is -2.39. The van der Waals surface area contributed by atoms with Gasteiger partial charge in [-0.1, -0.05) is 0 Å². The number of carbonyl (C=O) groups is 1. The first-order valence-electron chi connectivity index (χ1n) is 10.5. The van der Waals surface area contributed by atoms with Gasteiger partial charge in [0, 0.05) is 24.6 Å². The maximum absolute atomic E-state index is 13.4. The molecular formula is C23H22O13. The molecule has 0 radical (unpaired) electrons. The van der Waals surface area contributed by atoms with Crippen molar-refractivity contribution in [3.8, 4) is 40.1 Å². The third kappa shape index (κ3) is 4.59. The van der Waals surface area contributed by atoms with E-state index in [2.05, 4.69) is 0 Å². The standard InChI is InChI=1S/C23H22O13/c1-8(24)33-7-15-17(29)19(31)20(32)23(35-15)36-22-18(30)16-13(28)5-10(25)6-14(16)34-21(22)9-2-3-11(26)12(27)4-9/h2-6,15,17,19-20,23,25-29,31-32H,7H2,1H3/t15-,17-,19+,20+,23+/m1/s1. The quantitative estimate of drug-likeness (QED) is 0.180. The van der Waals surface area contributed by atoms with E-state index < -0.39 is 82.8 Å². The molecule has 0 bridgehead atoms. The Labute approximate surface area is 201 Å². The maximum atomic E-state index is 13.4. The number of esters is 1. The summed E-state index contributed by atoms with van der Waals surface area (Å²) < 4.78 is 21.5. The molecule has 4 rings (SSSR count). The molecule has 1 aliphatic heterocycles. The summed E-state index contributed by atoms with van der Waals surface area (Å²) in [6.07, 6.45) is -8.54. The van der Waals surface area contributed by atoms with Gasteiger partial charge in [0.1, 0.15) is 53.5 Å². The zero-order valence-corrected chi connectivity index (χ0v) is 18.6. The normalized spacial score (nSPS) is 23.9. The number of aliphatic hydroxyl groups is 3. The molecule has 0 aliphatic carbocycles. The van der Waals surface area contributed by atoms with Gasteiger partial charge in [0.05, 0.1) is 0 Å². The lowest BCUT2D eigenvalue weighted by molar-refractivity contribution is -0.278. The van der Waals surface area contributed by atoms with Gasteiger partial charge in [-0.3, -0.25) is 9.59 Å². The van der Waals surface area contributed by atoms with E-state index in [1.807, 2.05) is 0 Å². The van der Waals surface area contributed by atoms with Crippen LogP contribution in [-0.2, 0) is 14.3 Å². The number of phenols is 4. The highest BCUT2D eigenvalue weighted by Gasteiger charge is 2.46. The maximum Gasteiger partial charge on any atom is 0.302 e. The van der Waals surface area contributed by atoms with Crippen LogP contribution in [0.3, 0.4) is 0 Å². The Kier molecular flexibility index (Phi) is 6.65. The summed E-state index contributed by atoms with van der Waals surface area (Å²) in [4.78, 5) is 24.5. The molecule has 5 atom stereocenters. The first-order chi connectivity index (χ1) is 17.0. The van der Waals surface area contributed by atoms with Gasteiger partial charge in [0.25, 0.3) is 0 Å². The number of hydrogen-bond donors (Lipinski definition) is 7. The van der Waals surface area contributed by atoms with E-state index in [0.29, 0.717) is 0 Å². The smallest absolute Gasteiger partial charge is 0.302 e. The molecule has 36 heavy (non-hydrogen) atoms. The van der Waals surface area contributed by atoms with Crippen LogP contribution < -0.4 is 10.2 Å². The van der Waals surface area contributed by atoms with Gasteiger partial charge in [0.15, 0.2) is 17.3 Å². The van der Waals surface area contributed by atoms with E-state index in [4.69, 9.17) is 18.6 Å². The van der Waals surface area contributed by atoms with Crippen LogP contribution in [0, 0.1) is 0 Å². The average Bonchev–Trinajstić information content (AvgIpc) is 2.81. The minimum absolute atomic E-state index is 0.00415. The first kappa shape index (κ1) is 25.1. The van der Waals surface area contributed by atoms with Crippen molar-refractivity contribution in [3.63, 3.8) is 0 Å². The molecule has 7 N–H and O–H groups in total. The molecule has 2 aromatic carbocycles. The van der Waals surface area contributed by atoms with Gasteiger partial charge < -0.3 is 54.4 Å². The lowest BCUT2D eigenvalue weighted by Crippen LogP contribution is -2.60. The van der Waals surface area contributed by atoms with Crippen molar-refractivity contribution in [1.82, 2.24) is 0 Å². The molecule has 0 unspecified atom stereocenters. The predicted octanol–water partition coefficient (Wildman–Crippen LogP) is 0.0319. The van der Waals surface area contributed by atoms with Gasteiger partial charge in [-0.2, -0.15) is 0 Å². The Hall–Kier alpha value is -4.04. The second-order valence-electron chi connectivity index (χ2n) is 8.07. The summed E-state index contributed by atoms with van der Waals surface area (Å²) in [6, 6.07) is 5.32. The summed E-state index contributed by atoms with van der Waals surface area (Å²) in [5.41, 5.74) is -1.24. The van der Waals surface area contributed by atoms with Crippen molar-refractivity contribution in [3.05, 3.63) is 40.6 Å². The molecule has 0 spiro atoms. The van der Waals surface area contributed by atoms with Gasteiger partial charge >= 0.3 is 5.97 Å². The zero-order valence-electron chi connectivity index (χ0n) is 18.6. The number of aromatic hydroxyl groups is 4. The molecule has 1 aromatic heterocycles. The minimum Gasteiger partial charge on any atom is -0.508 e. The first-order valence-corrected chi connectivity index (χ1v) is 10.5. The van der Waals surface area contributed by atoms with Crippen LogP contribution in [0.15, 0.2) is 39.5 Å². The predicted molar refractivity (Wildman–Crippen MR) is 119 cm³/mol. The van der Waals surface area contributed by atoms with Crippen molar-refractivity contribution >= 4 is 16.9 Å². The molecular weight excluding hydrogens is 484 g/mol. The Morgan fingerprint density at radius 3 is 2.33 bits per heavy atom. The molecule has 13 heteroatoms. The molecule has 3 aromatic rings. The topological polar surface area (TPSA) is 217 Å². The molecule has 1 fully saturated rings. The van der Waals surface area contributed by atoms with Crippen LogP contribution in [-0.4, -0.2) is 79.0 Å². The third-order valence-electron chi connectivity index (χ3n) is 5.51. The highest BCUT2D eigenvalue weighted by atomic mass is 16.7. The monoisotopic (exact) mass is 506 g/mol. The molecule has 192 valence electrons. The number of phenolic OH excluding ortho intramolecular Hbond substituents is 4. The second-order valence-corrected chi connectivity index (χ2v) is 8.07. The molecule has 0 saturated carbocycles. The van der Waals surface area contributed by atoms with Crippen LogP contribution in [0.4, 0.5) is 0 Å². The Balaban J connectivity index is 1.84. The van der Waals surface area contributed by atoms with Crippen LogP contribution in [0.25, 0.3) is 22.3 Å². The van der Waals surface area contributed by atoms with E-state index in [1.165, 1.54) is 6.07 Å². The van der Waals surface area contributed by atoms with E-state index >= 15 is 0 Å². The fourth-order valence-electron chi connectivity index (χ4n) is 3.70. The highest BCUT2D eigenvalue weighted by Crippen LogP contribution is 2.39. The molecule has 0 amide bonds. The van der Waals surface area contributed by atoms with E-state index in [-0.39, 0.29) is 16.9 Å². The van der Waals surface area contributed by atoms with Crippen LogP contribution in [0.2, 0.25) is 0 Å². The van der Waals surface area contributed by atoms with E-state index in [0.717, 1.165) is 31.2 Å². The highest BCUT2D eigenvalue weighted by molar-refractivity contribution is 5.88. The van der Waals surface area contributed by atoms with Gasteiger partial charge in [-0.05, 0) is 18.2 Å². The second kappa shape index (κ2) is 9.54. The molecule has 1 aliphatic rings. The van der Waals surface area contributed by atoms with Gasteiger partial charge in [-0.25, -0.2) is 0 Å². The number of hydrogen-bond acceptors (Lipinski definition) is 13. The molecule has 1 saturated heterocycles. The number of fused-ring (bicyclic) bond motifs is 1. The van der Waals surface area contributed by atoms with Crippen molar-refractivity contribution in [2.45, 2.75) is 37.6 Å². The van der Waals surface area contributed by atoms with Crippen LogP contribution >= 0.6 is 0 Å². The lowest BCUT2D eigenvalue weighted by atomic mass is 9.99. The fraction of sp³-hybridized carbons (Fsp3) is 0.304. The SMILES string of the molecule is CC(=O)OC[C@H]1O[C@@H](Oc2c(-c3ccc(O)c(O)c3)oc3cc(O)cc(O)c3c2=O)[C@@H](O)[C@@H](O)[C@@H]1O. The molecule has 2 heterocycles. The van der Waals surface area contributed by atoms with Crippen LogP contribution in [0.5, 0.6) is 28.7 Å². The van der Waals surface area contributed by atoms with Crippen molar-refractivity contribution in [1.29, 1.82) is 0 Å². The summed E-state index contributed by atoms with van der Waals surface area (Å²) in [5, 5.41) is 70.1. The Morgan fingerprint density at radius 1 is 0.944 bits per heavy atom. The minimum atomic E-state index is -1.89. The zero-order chi connectivity index (χ0) is 26.3. The summed E-state index contributed by atoms with van der Waals surface area (Å²) in [7, 11) is 0. The van der Waals surface area contributed by atoms with Gasteiger partial charge in [-0.15, -0.1) is 0 Å². The average molecular weight is 506 g/mol. The van der Waals surface area contributed by atoms with Crippen molar-refractivity contribution in [2.75, 3.05) is 6.61 Å². The number of benzene rings is 2. The van der Waals surface area contributed by atoms with E-state index in [9.17, 15) is 45.3 Å². The molecule has 13 nitrogen and oxygen atoms in total. The summed E-state index contributed by atoms with van der Waals surface area (Å²) in [6.45, 7) is 0.601. The number of carbonyl (C=O) groups excluding carboxylic acids is 1. The number of aliphatic hydroxyl groups excluding tert-OH is 3. The number of ether oxygens (including phenoxy) is 3. The van der Waals surface area contributed by atoms with Crippen molar-refractivity contribution in [2.24, 2.45) is 0 Å². The summed E-state index contributed by atoms with van der Waals surface area (Å²) in [5.74, 6) is -3.84. The number of rotatable bonds is 5. The van der Waals surface area contributed by atoms with Crippen molar-refractivity contribution < 1.29 is 59.2 Å². The largest absolute Gasteiger partial charge is 0.508 e. The summed E-state index contributed by atoms with van der Waals surface area (Å²) >= 11 is 0. The fourth-order valence-corrected chi connectivity index (χ4v) is 3.70. The Morgan fingerprint density at radius 2 is 1.67 bits per heavy atom. The van der Waals surface area contributed by atoms with E-state index in [1.54, 1.807) is 0 Å². The van der Waals surface area contributed by atoms with Gasteiger partial charge in [0.2, 0.25) is 17.5 Å². The van der Waals surface area contributed by atoms with Crippen LogP contribution in [0.1, 0.15) is 6.92 Å². The third-order valence-corrected chi connectivity index (χ3v) is 5.51.